The van der Waals surface area contributed by atoms with E-state index in [0.717, 1.165) is 0 Å². The summed E-state index contributed by atoms with van der Waals surface area (Å²) in [6.07, 6.45) is 3.02. The van der Waals surface area contributed by atoms with E-state index in [9.17, 15) is 9.50 Å². The van der Waals surface area contributed by atoms with Crippen LogP contribution in [-0.4, -0.2) is 24.9 Å². The van der Waals surface area contributed by atoms with Crippen molar-refractivity contribution in [2.24, 2.45) is 0 Å². The van der Waals surface area contributed by atoms with Gasteiger partial charge in [-0.05, 0) is 30.3 Å². The molecule has 0 fully saturated rings. The summed E-state index contributed by atoms with van der Waals surface area (Å²) in [7, 11) is 0. The molecule has 0 bridgehead atoms. The van der Waals surface area contributed by atoms with Crippen LogP contribution in [0.1, 0.15) is 0 Å². The molecule has 7 heteroatoms. The normalized spacial score (nSPS) is 10.9. The maximum Gasteiger partial charge on any atom is 0.168 e. The lowest BCUT2D eigenvalue weighted by atomic mass is 10.3. The SMILES string of the molecule is Oc1cccc(Nc2ncnc3c2cnn3-c2cccc(F)c2)c1. The smallest absolute Gasteiger partial charge is 0.168 e. The van der Waals surface area contributed by atoms with Crippen molar-refractivity contribution in [2.75, 3.05) is 5.32 Å². The minimum atomic E-state index is -0.344. The van der Waals surface area contributed by atoms with Crippen LogP contribution in [0.15, 0.2) is 61.1 Å². The van der Waals surface area contributed by atoms with Crippen LogP contribution in [0.4, 0.5) is 15.9 Å². The average Bonchev–Trinajstić information content (AvgIpc) is 3.00. The van der Waals surface area contributed by atoms with Gasteiger partial charge in [0, 0.05) is 11.8 Å². The third-order valence-corrected chi connectivity index (χ3v) is 3.53. The predicted octanol–water partition coefficient (Wildman–Crippen LogP) is 3.40. The number of rotatable bonds is 3. The molecule has 2 heterocycles. The van der Waals surface area contributed by atoms with Crippen molar-refractivity contribution in [1.82, 2.24) is 19.7 Å². The molecule has 24 heavy (non-hydrogen) atoms. The molecule has 0 saturated heterocycles. The maximum absolute atomic E-state index is 13.5. The van der Waals surface area contributed by atoms with E-state index in [-0.39, 0.29) is 11.6 Å². The monoisotopic (exact) mass is 321 g/mol. The van der Waals surface area contributed by atoms with E-state index in [2.05, 4.69) is 20.4 Å². The van der Waals surface area contributed by atoms with Crippen LogP contribution in [0.5, 0.6) is 5.75 Å². The van der Waals surface area contributed by atoms with Gasteiger partial charge in [-0.3, -0.25) is 0 Å². The first kappa shape index (κ1) is 14.1. The number of aromatic nitrogens is 4. The van der Waals surface area contributed by atoms with Crippen LogP contribution in [-0.2, 0) is 0 Å². The zero-order valence-corrected chi connectivity index (χ0v) is 12.4. The number of phenols is 1. The molecule has 4 rings (SSSR count). The van der Waals surface area contributed by atoms with Crippen molar-refractivity contribution in [3.63, 3.8) is 0 Å². The van der Waals surface area contributed by atoms with Crippen molar-refractivity contribution in [1.29, 1.82) is 0 Å². The van der Waals surface area contributed by atoms with E-state index < -0.39 is 0 Å². The van der Waals surface area contributed by atoms with Gasteiger partial charge in [-0.25, -0.2) is 19.0 Å². The largest absolute Gasteiger partial charge is 0.508 e. The molecule has 4 aromatic rings. The molecular weight excluding hydrogens is 309 g/mol. The van der Waals surface area contributed by atoms with Gasteiger partial charge < -0.3 is 10.4 Å². The van der Waals surface area contributed by atoms with Crippen LogP contribution < -0.4 is 5.32 Å². The predicted molar refractivity (Wildman–Crippen MR) is 88.0 cm³/mol. The number of benzene rings is 2. The van der Waals surface area contributed by atoms with Crippen molar-refractivity contribution in [2.45, 2.75) is 0 Å². The summed E-state index contributed by atoms with van der Waals surface area (Å²) in [4.78, 5) is 8.47. The molecule has 0 unspecified atom stereocenters. The van der Waals surface area contributed by atoms with Gasteiger partial charge in [0.05, 0.1) is 17.3 Å². The lowest BCUT2D eigenvalue weighted by Crippen LogP contribution is -1.99. The minimum Gasteiger partial charge on any atom is -0.508 e. The highest BCUT2D eigenvalue weighted by Gasteiger charge is 2.11. The van der Waals surface area contributed by atoms with Crippen molar-refractivity contribution < 1.29 is 9.50 Å². The Labute approximate surface area is 136 Å². The second-order valence-corrected chi connectivity index (χ2v) is 5.17. The summed E-state index contributed by atoms with van der Waals surface area (Å²) < 4.78 is 15.0. The van der Waals surface area contributed by atoms with Gasteiger partial charge >= 0.3 is 0 Å². The summed E-state index contributed by atoms with van der Waals surface area (Å²) in [6, 6.07) is 12.8. The van der Waals surface area contributed by atoms with E-state index in [1.807, 2.05) is 6.07 Å². The number of halogens is 1. The standard InChI is InChI=1S/C17H12FN5O/c18-11-3-1-5-13(7-11)23-17-15(9-21-23)16(19-10-20-17)22-12-4-2-6-14(24)8-12/h1-10,24H,(H,19,20,22). The third kappa shape index (κ3) is 2.52. The number of hydrogen-bond acceptors (Lipinski definition) is 5. The minimum absolute atomic E-state index is 0.153. The average molecular weight is 321 g/mol. The van der Waals surface area contributed by atoms with Gasteiger partial charge in [-0.2, -0.15) is 5.10 Å². The van der Waals surface area contributed by atoms with Gasteiger partial charge in [0.1, 0.15) is 23.7 Å². The Morgan fingerprint density at radius 3 is 2.75 bits per heavy atom. The molecule has 0 saturated carbocycles. The third-order valence-electron chi connectivity index (χ3n) is 3.53. The van der Waals surface area contributed by atoms with Crippen LogP contribution >= 0.6 is 0 Å². The molecule has 2 aromatic carbocycles. The first-order valence-electron chi connectivity index (χ1n) is 7.21. The van der Waals surface area contributed by atoms with Gasteiger partial charge in [0.15, 0.2) is 5.65 Å². The Hall–Kier alpha value is -3.48. The van der Waals surface area contributed by atoms with E-state index in [4.69, 9.17) is 0 Å². The molecule has 0 atom stereocenters. The summed E-state index contributed by atoms with van der Waals surface area (Å²) >= 11 is 0. The fourth-order valence-corrected chi connectivity index (χ4v) is 2.46. The fraction of sp³-hybridized carbons (Fsp3) is 0. The fourth-order valence-electron chi connectivity index (χ4n) is 2.46. The quantitative estimate of drug-likeness (QED) is 0.605. The molecule has 0 aliphatic heterocycles. The number of nitrogens with zero attached hydrogens (tertiary/aromatic N) is 4. The zero-order chi connectivity index (χ0) is 16.5. The second-order valence-electron chi connectivity index (χ2n) is 5.17. The highest BCUT2D eigenvalue weighted by atomic mass is 19.1. The van der Waals surface area contributed by atoms with Crippen molar-refractivity contribution in [3.05, 3.63) is 66.9 Å². The maximum atomic E-state index is 13.5. The molecule has 0 amide bonds. The van der Waals surface area contributed by atoms with Gasteiger partial charge in [0.25, 0.3) is 0 Å². The molecule has 2 aromatic heterocycles. The van der Waals surface area contributed by atoms with Gasteiger partial charge in [0.2, 0.25) is 0 Å². The summed E-state index contributed by atoms with van der Waals surface area (Å²) in [5.41, 5.74) is 1.82. The number of nitrogens with one attached hydrogen (secondary N) is 1. The molecular formula is C17H12FN5O. The topological polar surface area (TPSA) is 75.9 Å². The van der Waals surface area contributed by atoms with Crippen LogP contribution in [0, 0.1) is 5.82 Å². The molecule has 0 spiro atoms. The summed E-state index contributed by atoms with van der Waals surface area (Å²) in [5.74, 6) is 0.359. The van der Waals surface area contributed by atoms with E-state index in [1.54, 1.807) is 41.2 Å². The van der Waals surface area contributed by atoms with Crippen molar-refractivity contribution in [3.8, 4) is 11.4 Å². The molecule has 6 nitrogen and oxygen atoms in total. The van der Waals surface area contributed by atoms with E-state index in [1.165, 1.54) is 18.5 Å². The molecule has 0 aliphatic rings. The lowest BCUT2D eigenvalue weighted by Gasteiger charge is -2.07. The highest BCUT2D eigenvalue weighted by molar-refractivity contribution is 5.89. The number of hydrogen-bond donors (Lipinski definition) is 2. The van der Waals surface area contributed by atoms with Crippen LogP contribution in [0.3, 0.4) is 0 Å². The Morgan fingerprint density at radius 1 is 1.04 bits per heavy atom. The molecule has 0 radical (unpaired) electrons. The zero-order valence-electron chi connectivity index (χ0n) is 12.4. The Morgan fingerprint density at radius 2 is 1.92 bits per heavy atom. The Bertz CT molecular complexity index is 1030. The Balaban J connectivity index is 1.79. The summed E-state index contributed by atoms with van der Waals surface area (Å²) in [5, 5.41) is 17.7. The Kier molecular flexibility index (Phi) is 3.31. The molecule has 0 aliphatic carbocycles. The highest BCUT2D eigenvalue weighted by Crippen LogP contribution is 2.26. The second kappa shape index (κ2) is 5.62. The first-order valence-corrected chi connectivity index (χ1v) is 7.21. The number of anilines is 2. The van der Waals surface area contributed by atoms with Crippen molar-refractivity contribution >= 4 is 22.5 Å². The van der Waals surface area contributed by atoms with E-state index in [0.29, 0.717) is 28.2 Å². The van der Waals surface area contributed by atoms with E-state index >= 15 is 0 Å². The molecule has 118 valence electrons. The number of phenolic OH excluding ortho intramolecular Hbond substituents is 1. The summed E-state index contributed by atoms with van der Waals surface area (Å²) in [6.45, 7) is 0. The number of fused-ring (bicyclic) bond motifs is 1. The first-order chi connectivity index (χ1) is 11.7. The van der Waals surface area contributed by atoms with Gasteiger partial charge in [-0.15, -0.1) is 0 Å². The number of aromatic hydroxyl groups is 1. The van der Waals surface area contributed by atoms with Gasteiger partial charge in [-0.1, -0.05) is 12.1 Å². The van der Waals surface area contributed by atoms with Crippen LogP contribution in [0.25, 0.3) is 16.7 Å². The molecule has 2 N–H and O–H groups in total. The lowest BCUT2D eigenvalue weighted by molar-refractivity contribution is 0.475. The van der Waals surface area contributed by atoms with Crippen LogP contribution in [0.2, 0.25) is 0 Å².